The van der Waals surface area contributed by atoms with Crippen molar-refractivity contribution < 1.29 is 18.0 Å². The quantitative estimate of drug-likeness (QED) is 0.689. The molecule has 0 unspecified atom stereocenters. The largest absolute Gasteiger partial charge is 0.453 e. The Hall–Kier alpha value is -2.69. The first kappa shape index (κ1) is 16.2. The molecule has 7 nitrogen and oxygen atoms in total. The molecule has 3 aromatic rings. The number of benzene rings is 1. The average Bonchev–Trinajstić information content (AvgIpc) is 2.91. The molecule has 1 amide bonds. The van der Waals surface area contributed by atoms with Crippen LogP contribution in [0.25, 0.3) is 5.78 Å². The maximum Gasteiger partial charge on any atom is 0.453 e. The molecular weight excluding hydrogens is 395 g/mol. The number of fused-ring (bicyclic) bond motifs is 1. The number of nitrogens with one attached hydrogen (secondary N) is 2. The summed E-state index contributed by atoms with van der Waals surface area (Å²) in [7, 11) is 0. The van der Waals surface area contributed by atoms with Crippen LogP contribution in [-0.2, 0) is 6.18 Å². The van der Waals surface area contributed by atoms with Gasteiger partial charge in [0, 0.05) is 16.1 Å². The van der Waals surface area contributed by atoms with Gasteiger partial charge in [-0.3, -0.25) is 14.6 Å². The van der Waals surface area contributed by atoms with Crippen molar-refractivity contribution in [2.24, 2.45) is 0 Å². The number of hydrogen-bond donors (Lipinski definition) is 2. The van der Waals surface area contributed by atoms with Gasteiger partial charge in [-0.15, -0.1) is 5.10 Å². The molecule has 11 heteroatoms. The van der Waals surface area contributed by atoms with E-state index in [1.807, 2.05) is 0 Å². The lowest BCUT2D eigenvalue weighted by Gasteiger charge is -2.06. The number of carbonyl (C=O) groups is 1. The number of alkyl halides is 3. The summed E-state index contributed by atoms with van der Waals surface area (Å²) >= 11 is 3.20. The highest BCUT2D eigenvalue weighted by Gasteiger charge is 2.36. The second-order valence-corrected chi connectivity index (χ2v) is 5.57. The number of hydrogen-bond acceptors (Lipinski definition) is 4. The van der Waals surface area contributed by atoms with Crippen molar-refractivity contribution in [3.05, 3.63) is 56.5 Å². The molecule has 24 heavy (non-hydrogen) atoms. The van der Waals surface area contributed by atoms with Crippen molar-refractivity contribution in [3.8, 4) is 0 Å². The van der Waals surface area contributed by atoms with E-state index in [0.29, 0.717) is 8.99 Å². The van der Waals surface area contributed by atoms with Crippen LogP contribution in [0.15, 0.2) is 39.6 Å². The van der Waals surface area contributed by atoms with Crippen molar-refractivity contribution in [3.63, 3.8) is 0 Å². The van der Waals surface area contributed by atoms with Gasteiger partial charge in [0.25, 0.3) is 17.3 Å². The SMILES string of the molecule is O=C(Nc1cc(=O)[nH]c2nc(C(F)(F)F)nn12)c1cccc(Br)c1. The summed E-state index contributed by atoms with van der Waals surface area (Å²) in [5, 5.41) is 5.62. The summed E-state index contributed by atoms with van der Waals surface area (Å²) in [6.45, 7) is 0. The Morgan fingerprint density at radius 3 is 2.71 bits per heavy atom. The molecule has 1 aromatic carbocycles. The molecular formula is C13H7BrF3N5O2. The predicted octanol–water partition coefficient (Wildman–Crippen LogP) is 2.45. The molecule has 0 fully saturated rings. The monoisotopic (exact) mass is 401 g/mol. The van der Waals surface area contributed by atoms with Gasteiger partial charge < -0.3 is 5.32 Å². The third-order valence-electron chi connectivity index (χ3n) is 2.92. The molecule has 3 rings (SSSR count). The van der Waals surface area contributed by atoms with Gasteiger partial charge >= 0.3 is 6.18 Å². The Labute approximate surface area is 139 Å². The summed E-state index contributed by atoms with van der Waals surface area (Å²) in [5.41, 5.74) is -0.484. The van der Waals surface area contributed by atoms with Crippen LogP contribution in [0, 0.1) is 0 Å². The highest BCUT2D eigenvalue weighted by atomic mass is 79.9. The van der Waals surface area contributed by atoms with Crippen LogP contribution in [0.3, 0.4) is 0 Å². The first-order chi connectivity index (χ1) is 11.2. The highest BCUT2D eigenvalue weighted by molar-refractivity contribution is 9.10. The van der Waals surface area contributed by atoms with Gasteiger partial charge in [0.2, 0.25) is 5.78 Å². The summed E-state index contributed by atoms with van der Waals surface area (Å²) in [4.78, 5) is 29.1. The summed E-state index contributed by atoms with van der Waals surface area (Å²) < 4.78 is 39.5. The van der Waals surface area contributed by atoms with Crippen molar-refractivity contribution in [1.82, 2.24) is 19.6 Å². The van der Waals surface area contributed by atoms with E-state index >= 15 is 0 Å². The molecule has 0 aliphatic rings. The normalized spacial score (nSPS) is 11.7. The van der Waals surface area contributed by atoms with Crippen LogP contribution < -0.4 is 10.9 Å². The molecule has 0 bridgehead atoms. The number of amides is 1. The zero-order valence-corrected chi connectivity index (χ0v) is 13.1. The molecule has 0 atom stereocenters. The first-order valence-electron chi connectivity index (χ1n) is 6.38. The van der Waals surface area contributed by atoms with Gasteiger partial charge in [0.1, 0.15) is 5.82 Å². The first-order valence-corrected chi connectivity index (χ1v) is 7.17. The lowest BCUT2D eigenvalue weighted by molar-refractivity contribution is -0.144. The number of aromatic amines is 1. The zero-order chi connectivity index (χ0) is 17.5. The van der Waals surface area contributed by atoms with E-state index in [-0.39, 0.29) is 11.4 Å². The van der Waals surface area contributed by atoms with Crippen molar-refractivity contribution in [1.29, 1.82) is 0 Å². The zero-order valence-electron chi connectivity index (χ0n) is 11.6. The number of rotatable bonds is 2. The van der Waals surface area contributed by atoms with Crippen LogP contribution >= 0.6 is 15.9 Å². The summed E-state index contributed by atoms with van der Waals surface area (Å²) in [6.07, 6.45) is -4.78. The lowest BCUT2D eigenvalue weighted by atomic mass is 10.2. The minimum atomic E-state index is -4.78. The topological polar surface area (TPSA) is 92.1 Å². The maximum atomic E-state index is 12.7. The maximum absolute atomic E-state index is 12.7. The number of carbonyl (C=O) groups excluding carboxylic acids is 1. The highest BCUT2D eigenvalue weighted by Crippen LogP contribution is 2.26. The van der Waals surface area contributed by atoms with Crippen molar-refractivity contribution in [2.45, 2.75) is 6.18 Å². The third kappa shape index (κ3) is 3.15. The van der Waals surface area contributed by atoms with E-state index in [0.717, 1.165) is 6.07 Å². The standard InChI is InChI=1S/C13H7BrF3N5O2/c14-7-3-1-2-6(4-7)10(24)18-8-5-9(23)19-12-20-11(13(15,16)17)21-22(8)12/h1-5H,(H,18,24)(H,19,20,21,23). The van der Waals surface area contributed by atoms with Crippen LogP contribution in [-0.4, -0.2) is 25.5 Å². The number of anilines is 1. The summed E-state index contributed by atoms with van der Waals surface area (Å²) in [6, 6.07) is 7.26. The number of aromatic nitrogens is 4. The van der Waals surface area contributed by atoms with Crippen molar-refractivity contribution in [2.75, 3.05) is 5.32 Å². The molecule has 2 aromatic heterocycles. The van der Waals surface area contributed by atoms with Crippen LogP contribution in [0.4, 0.5) is 19.0 Å². The van der Waals surface area contributed by atoms with Gasteiger partial charge in [0.15, 0.2) is 0 Å². The fraction of sp³-hybridized carbons (Fsp3) is 0.0769. The lowest BCUT2D eigenvalue weighted by Crippen LogP contribution is -2.18. The Kier molecular flexibility index (Phi) is 3.87. The number of nitrogens with zero attached hydrogens (tertiary/aromatic N) is 3. The molecule has 0 aliphatic heterocycles. The van der Waals surface area contributed by atoms with E-state index in [9.17, 15) is 22.8 Å². The van der Waals surface area contributed by atoms with Gasteiger partial charge in [-0.2, -0.15) is 22.7 Å². The number of H-pyrrole nitrogens is 1. The van der Waals surface area contributed by atoms with E-state index in [1.54, 1.807) is 12.1 Å². The third-order valence-corrected chi connectivity index (χ3v) is 3.41. The smallest absolute Gasteiger partial charge is 0.306 e. The molecule has 0 saturated heterocycles. The van der Waals surface area contributed by atoms with Gasteiger partial charge in [0.05, 0.1) is 0 Å². The van der Waals surface area contributed by atoms with Crippen LogP contribution in [0.2, 0.25) is 0 Å². The predicted molar refractivity (Wildman–Crippen MR) is 80.7 cm³/mol. The van der Waals surface area contributed by atoms with Crippen LogP contribution in [0.1, 0.15) is 16.2 Å². The molecule has 0 aliphatic carbocycles. The van der Waals surface area contributed by atoms with E-state index < -0.39 is 29.2 Å². The number of halogens is 4. The molecule has 0 spiro atoms. The Bertz CT molecular complexity index is 995. The second kappa shape index (κ2) is 5.74. The average molecular weight is 402 g/mol. The van der Waals surface area contributed by atoms with E-state index in [1.165, 1.54) is 12.1 Å². The summed E-state index contributed by atoms with van der Waals surface area (Å²) in [5.74, 6) is -2.71. The fourth-order valence-corrected chi connectivity index (χ4v) is 2.32. The molecule has 0 saturated carbocycles. The Morgan fingerprint density at radius 2 is 2.04 bits per heavy atom. The minimum Gasteiger partial charge on any atom is -0.306 e. The molecule has 2 N–H and O–H groups in total. The fourth-order valence-electron chi connectivity index (χ4n) is 1.92. The molecule has 124 valence electrons. The van der Waals surface area contributed by atoms with Crippen LogP contribution in [0.5, 0.6) is 0 Å². The second-order valence-electron chi connectivity index (χ2n) is 4.65. The van der Waals surface area contributed by atoms with Gasteiger partial charge in [-0.25, -0.2) is 0 Å². The van der Waals surface area contributed by atoms with E-state index in [2.05, 4.69) is 36.3 Å². The van der Waals surface area contributed by atoms with Gasteiger partial charge in [-0.1, -0.05) is 22.0 Å². The Balaban J connectivity index is 2.04. The van der Waals surface area contributed by atoms with Gasteiger partial charge in [-0.05, 0) is 18.2 Å². The molecule has 2 heterocycles. The van der Waals surface area contributed by atoms with E-state index in [4.69, 9.17) is 0 Å². The minimum absolute atomic E-state index is 0.235. The molecule has 0 radical (unpaired) electrons. The van der Waals surface area contributed by atoms with Crippen molar-refractivity contribution >= 4 is 33.4 Å². The Morgan fingerprint density at radius 1 is 1.29 bits per heavy atom.